The number of hydrogen-bond donors (Lipinski definition) is 0. The molecular formula is C11H20O2. The summed E-state index contributed by atoms with van der Waals surface area (Å²) in [5.74, 6) is 0.806. The predicted octanol–water partition coefficient (Wildman–Crippen LogP) is 2.91. The van der Waals surface area contributed by atoms with Crippen molar-refractivity contribution in [2.45, 2.75) is 58.0 Å². The number of hydrogen-bond acceptors (Lipinski definition) is 2. The van der Waals surface area contributed by atoms with E-state index in [1.807, 2.05) is 0 Å². The van der Waals surface area contributed by atoms with E-state index in [4.69, 9.17) is 4.74 Å². The van der Waals surface area contributed by atoms with Gasteiger partial charge in [-0.25, -0.2) is 0 Å². The zero-order chi connectivity index (χ0) is 9.73. The molecule has 0 heterocycles. The first-order chi connectivity index (χ1) is 6.22. The third kappa shape index (κ3) is 2.71. The van der Waals surface area contributed by atoms with Gasteiger partial charge in [0.15, 0.2) is 0 Å². The van der Waals surface area contributed by atoms with Crippen molar-refractivity contribution in [1.82, 2.24) is 0 Å². The van der Waals surface area contributed by atoms with Crippen LogP contribution < -0.4 is 0 Å². The van der Waals surface area contributed by atoms with Gasteiger partial charge in [-0.05, 0) is 38.0 Å². The molecule has 1 fully saturated rings. The minimum absolute atomic E-state index is 0.108. The normalized spacial score (nSPS) is 34.2. The van der Waals surface area contributed by atoms with Gasteiger partial charge < -0.3 is 4.74 Å². The van der Waals surface area contributed by atoms with E-state index >= 15 is 0 Å². The molecule has 2 nitrogen and oxygen atoms in total. The maximum atomic E-state index is 10.4. The summed E-state index contributed by atoms with van der Waals surface area (Å²) in [6.07, 6.45) is 6.64. The summed E-state index contributed by atoms with van der Waals surface area (Å²) in [5.41, 5.74) is -0.108. The van der Waals surface area contributed by atoms with Gasteiger partial charge in [0, 0.05) is 0 Å². The highest BCUT2D eigenvalue weighted by Crippen LogP contribution is 2.37. The highest BCUT2D eigenvalue weighted by molar-refractivity contribution is 5.38. The molecule has 0 bridgehead atoms. The predicted molar refractivity (Wildman–Crippen MR) is 52.4 cm³/mol. The highest BCUT2D eigenvalue weighted by Gasteiger charge is 2.34. The molecule has 1 rings (SSSR count). The number of carbonyl (C=O) groups is 1. The van der Waals surface area contributed by atoms with Crippen molar-refractivity contribution in [2.75, 3.05) is 0 Å². The van der Waals surface area contributed by atoms with Gasteiger partial charge in [-0.3, -0.25) is 4.79 Å². The molecule has 0 spiro atoms. The molecule has 0 aromatic heterocycles. The van der Waals surface area contributed by atoms with Crippen molar-refractivity contribution in [3.63, 3.8) is 0 Å². The van der Waals surface area contributed by atoms with Crippen LogP contribution in [-0.2, 0) is 9.53 Å². The third-order valence-corrected chi connectivity index (χ3v) is 3.19. The van der Waals surface area contributed by atoms with E-state index in [1.165, 1.54) is 12.8 Å². The Hall–Kier alpha value is -0.530. The summed E-state index contributed by atoms with van der Waals surface area (Å²) in [4.78, 5) is 10.4. The van der Waals surface area contributed by atoms with Crippen LogP contribution in [0.5, 0.6) is 0 Å². The Balaban J connectivity index is 2.51. The maximum absolute atomic E-state index is 10.4. The lowest BCUT2D eigenvalue weighted by Crippen LogP contribution is -2.36. The van der Waals surface area contributed by atoms with Crippen LogP contribution in [0.15, 0.2) is 0 Å². The molecule has 0 atom stereocenters. The Kier molecular flexibility index (Phi) is 3.76. The summed E-state index contributed by atoms with van der Waals surface area (Å²) >= 11 is 0. The van der Waals surface area contributed by atoms with Gasteiger partial charge in [0.05, 0.1) is 0 Å². The van der Waals surface area contributed by atoms with Crippen LogP contribution in [0.2, 0.25) is 0 Å². The van der Waals surface area contributed by atoms with Gasteiger partial charge in [0.1, 0.15) is 5.60 Å². The summed E-state index contributed by atoms with van der Waals surface area (Å²) in [6, 6.07) is 0. The molecule has 0 aromatic rings. The van der Waals surface area contributed by atoms with E-state index in [0.717, 1.165) is 31.6 Å². The van der Waals surface area contributed by atoms with E-state index in [1.54, 1.807) is 0 Å². The molecule has 0 N–H and O–H groups in total. The molecule has 13 heavy (non-hydrogen) atoms. The Morgan fingerprint density at radius 3 is 2.54 bits per heavy atom. The van der Waals surface area contributed by atoms with E-state index in [0.29, 0.717) is 6.47 Å². The standard InChI is InChI=1S/C11H20O2/c1-3-6-11(13-9-12)7-4-10(2)5-8-11/h9-10H,3-8H2,1-2H3. The largest absolute Gasteiger partial charge is 0.461 e. The zero-order valence-corrected chi connectivity index (χ0v) is 8.71. The first-order valence-corrected chi connectivity index (χ1v) is 5.34. The van der Waals surface area contributed by atoms with Crippen molar-refractivity contribution < 1.29 is 9.53 Å². The van der Waals surface area contributed by atoms with Crippen LogP contribution in [0.3, 0.4) is 0 Å². The fourth-order valence-corrected chi connectivity index (χ4v) is 2.27. The molecule has 0 aromatic carbocycles. The summed E-state index contributed by atoms with van der Waals surface area (Å²) < 4.78 is 5.28. The minimum Gasteiger partial charge on any atom is -0.461 e. The molecule has 76 valence electrons. The highest BCUT2D eigenvalue weighted by atomic mass is 16.5. The van der Waals surface area contributed by atoms with Crippen LogP contribution in [0.1, 0.15) is 52.4 Å². The second-order valence-electron chi connectivity index (χ2n) is 4.33. The van der Waals surface area contributed by atoms with E-state index in [2.05, 4.69) is 13.8 Å². The SMILES string of the molecule is CCCC1(OC=O)CCC(C)CC1. The lowest BCUT2D eigenvalue weighted by molar-refractivity contribution is -0.149. The summed E-state index contributed by atoms with van der Waals surface area (Å²) in [6.45, 7) is 5.05. The first-order valence-electron chi connectivity index (χ1n) is 5.34. The molecule has 0 radical (unpaired) electrons. The topological polar surface area (TPSA) is 26.3 Å². The second kappa shape index (κ2) is 4.64. The number of ether oxygens (including phenoxy) is 1. The van der Waals surface area contributed by atoms with Crippen molar-refractivity contribution >= 4 is 6.47 Å². The van der Waals surface area contributed by atoms with Gasteiger partial charge in [-0.1, -0.05) is 20.3 Å². The number of rotatable bonds is 4. The fraction of sp³-hybridized carbons (Fsp3) is 0.909. The quantitative estimate of drug-likeness (QED) is 0.628. The first kappa shape index (κ1) is 10.6. The lowest BCUT2D eigenvalue weighted by atomic mass is 9.77. The molecule has 1 aliphatic carbocycles. The molecule has 2 heteroatoms. The second-order valence-corrected chi connectivity index (χ2v) is 4.33. The molecule has 0 saturated heterocycles. The summed E-state index contributed by atoms with van der Waals surface area (Å²) in [7, 11) is 0. The van der Waals surface area contributed by atoms with Gasteiger partial charge in [0.2, 0.25) is 0 Å². The van der Waals surface area contributed by atoms with Gasteiger partial charge >= 0.3 is 0 Å². The molecule has 0 aliphatic heterocycles. The molecule has 1 aliphatic rings. The van der Waals surface area contributed by atoms with Crippen LogP contribution in [0.25, 0.3) is 0 Å². The van der Waals surface area contributed by atoms with Crippen LogP contribution >= 0.6 is 0 Å². The van der Waals surface area contributed by atoms with Crippen molar-refractivity contribution in [1.29, 1.82) is 0 Å². The lowest BCUT2D eigenvalue weighted by Gasteiger charge is -2.37. The average Bonchev–Trinajstić information content (AvgIpc) is 2.11. The van der Waals surface area contributed by atoms with Gasteiger partial charge in [0.25, 0.3) is 6.47 Å². The molecule has 0 amide bonds. The fourth-order valence-electron chi connectivity index (χ4n) is 2.27. The Bertz CT molecular complexity index is 157. The van der Waals surface area contributed by atoms with Crippen molar-refractivity contribution in [3.05, 3.63) is 0 Å². The van der Waals surface area contributed by atoms with Crippen LogP contribution in [0.4, 0.5) is 0 Å². The van der Waals surface area contributed by atoms with E-state index < -0.39 is 0 Å². The molecular weight excluding hydrogens is 164 g/mol. The van der Waals surface area contributed by atoms with Gasteiger partial charge in [-0.15, -0.1) is 0 Å². The van der Waals surface area contributed by atoms with Crippen molar-refractivity contribution in [2.24, 2.45) is 5.92 Å². The minimum atomic E-state index is -0.108. The maximum Gasteiger partial charge on any atom is 0.293 e. The monoisotopic (exact) mass is 184 g/mol. The Labute approximate surface area is 80.7 Å². The third-order valence-electron chi connectivity index (χ3n) is 3.19. The zero-order valence-electron chi connectivity index (χ0n) is 8.71. The Morgan fingerprint density at radius 2 is 2.08 bits per heavy atom. The smallest absolute Gasteiger partial charge is 0.293 e. The van der Waals surface area contributed by atoms with E-state index in [9.17, 15) is 4.79 Å². The van der Waals surface area contributed by atoms with Crippen LogP contribution in [0, 0.1) is 5.92 Å². The van der Waals surface area contributed by atoms with Crippen LogP contribution in [-0.4, -0.2) is 12.1 Å². The Morgan fingerprint density at radius 1 is 1.46 bits per heavy atom. The summed E-state index contributed by atoms with van der Waals surface area (Å²) in [5, 5.41) is 0. The molecule has 1 saturated carbocycles. The van der Waals surface area contributed by atoms with E-state index in [-0.39, 0.29) is 5.60 Å². The number of carbonyl (C=O) groups excluding carboxylic acids is 1. The molecule has 0 unspecified atom stereocenters. The van der Waals surface area contributed by atoms with Gasteiger partial charge in [-0.2, -0.15) is 0 Å². The van der Waals surface area contributed by atoms with Crippen molar-refractivity contribution in [3.8, 4) is 0 Å². The average molecular weight is 184 g/mol.